The first-order valence-electron chi connectivity index (χ1n) is 7.78. The number of para-hydroxylation sites is 1. The number of ether oxygens (including phenoxy) is 1. The summed E-state index contributed by atoms with van der Waals surface area (Å²) >= 11 is 0. The number of carbonyl (C=O) groups excluding carboxylic acids is 1. The van der Waals surface area contributed by atoms with Crippen LogP contribution in [0.3, 0.4) is 0 Å². The molecule has 6 heteroatoms. The van der Waals surface area contributed by atoms with Gasteiger partial charge in [-0.25, -0.2) is 8.78 Å². The zero-order chi connectivity index (χ0) is 16.9. The first-order chi connectivity index (χ1) is 11.6. The van der Waals surface area contributed by atoms with Crippen LogP contribution in [0.15, 0.2) is 48.5 Å². The van der Waals surface area contributed by atoms with Gasteiger partial charge in [0, 0.05) is 50.1 Å². The topological polar surface area (TPSA) is 32.8 Å². The van der Waals surface area contributed by atoms with Crippen molar-refractivity contribution in [1.82, 2.24) is 4.90 Å². The SMILES string of the molecule is O=C(COc1cc(F)cc(F)c1)N1CCN(c2ccccc2)CC1. The number of halogens is 2. The molecule has 1 aliphatic rings. The fraction of sp³-hybridized carbons (Fsp3) is 0.278. The summed E-state index contributed by atoms with van der Waals surface area (Å²) in [6.45, 7) is 2.44. The Bertz CT molecular complexity index is 681. The molecular formula is C18H18F2N2O2. The van der Waals surface area contributed by atoms with Crippen LogP contribution in [0.4, 0.5) is 14.5 Å². The van der Waals surface area contributed by atoms with Gasteiger partial charge < -0.3 is 14.5 Å². The molecule has 24 heavy (non-hydrogen) atoms. The second-order valence-corrected chi connectivity index (χ2v) is 5.60. The van der Waals surface area contributed by atoms with Crippen molar-refractivity contribution < 1.29 is 18.3 Å². The summed E-state index contributed by atoms with van der Waals surface area (Å²) in [6, 6.07) is 12.9. The van der Waals surface area contributed by atoms with Gasteiger partial charge in [0.1, 0.15) is 17.4 Å². The third-order valence-electron chi connectivity index (χ3n) is 3.95. The maximum Gasteiger partial charge on any atom is 0.260 e. The molecule has 0 atom stereocenters. The average Bonchev–Trinajstić information content (AvgIpc) is 2.60. The lowest BCUT2D eigenvalue weighted by Gasteiger charge is -2.36. The number of amides is 1. The zero-order valence-electron chi connectivity index (χ0n) is 13.1. The van der Waals surface area contributed by atoms with Crippen LogP contribution in [0.2, 0.25) is 0 Å². The number of carbonyl (C=O) groups is 1. The van der Waals surface area contributed by atoms with Crippen molar-refractivity contribution in [3.05, 3.63) is 60.2 Å². The van der Waals surface area contributed by atoms with Crippen LogP contribution in [0.5, 0.6) is 5.75 Å². The molecule has 3 rings (SSSR count). The molecule has 1 heterocycles. The minimum absolute atomic E-state index is 0.0174. The highest BCUT2D eigenvalue weighted by atomic mass is 19.1. The summed E-state index contributed by atoms with van der Waals surface area (Å²) in [6.07, 6.45) is 0. The number of nitrogens with zero attached hydrogens (tertiary/aromatic N) is 2. The fourth-order valence-electron chi connectivity index (χ4n) is 2.70. The molecule has 0 radical (unpaired) electrons. The van der Waals surface area contributed by atoms with Gasteiger partial charge in [0.05, 0.1) is 0 Å². The molecule has 0 spiro atoms. The molecule has 1 amide bonds. The maximum atomic E-state index is 13.1. The first-order valence-corrected chi connectivity index (χ1v) is 7.78. The standard InChI is InChI=1S/C18H18F2N2O2/c19-14-10-15(20)12-17(11-14)24-13-18(23)22-8-6-21(7-9-22)16-4-2-1-3-5-16/h1-5,10-12H,6-9,13H2. The van der Waals surface area contributed by atoms with Gasteiger partial charge >= 0.3 is 0 Å². The number of benzene rings is 2. The Kier molecular flexibility index (Phi) is 4.93. The summed E-state index contributed by atoms with van der Waals surface area (Å²) in [4.78, 5) is 16.1. The van der Waals surface area contributed by atoms with E-state index in [1.54, 1.807) is 4.90 Å². The number of hydrogen-bond acceptors (Lipinski definition) is 3. The Morgan fingerprint density at radius 1 is 0.958 bits per heavy atom. The van der Waals surface area contributed by atoms with E-state index in [0.717, 1.165) is 37.0 Å². The molecule has 2 aromatic carbocycles. The van der Waals surface area contributed by atoms with E-state index in [4.69, 9.17) is 4.74 Å². The van der Waals surface area contributed by atoms with Crippen LogP contribution < -0.4 is 9.64 Å². The molecule has 4 nitrogen and oxygen atoms in total. The molecule has 0 N–H and O–H groups in total. The lowest BCUT2D eigenvalue weighted by Crippen LogP contribution is -2.50. The van der Waals surface area contributed by atoms with Gasteiger partial charge in [-0.1, -0.05) is 18.2 Å². The second kappa shape index (κ2) is 7.29. The van der Waals surface area contributed by atoms with Crippen molar-refractivity contribution in [2.75, 3.05) is 37.7 Å². The Morgan fingerprint density at radius 2 is 1.58 bits per heavy atom. The Balaban J connectivity index is 1.50. The minimum atomic E-state index is -0.728. The van der Waals surface area contributed by atoms with Gasteiger partial charge in [0.25, 0.3) is 5.91 Å². The highest BCUT2D eigenvalue weighted by Gasteiger charge is 2.21. The molecule has 1 aliphatic heterocycles. The van der Waals surface area contributed by atoms with Crippen molar-refractivity contribution in [2.24, 2.45) is 0 Å². The van der Waals surface area contributed by atoms with Crippen LogP contribution in [-0.2, 0) is 4.79 Å². The maximum absolute atomic E-state index is 13.1. The highest BCUT2D eigenvalue weighted by Crippen LogP contribution is 2.17. The summed E-state index contributed by atoms with van der Waals surface area (Å²) in [5, 5.41) is 0. The lowest BCUT2D eigenvalue weighted by molar-refractivity contribution is -0.133. The summed E-state index contributed by atoms with van der Waals surface area (Å²) < 4.78 is 31.4. The van der Waals surface area contributed by atoms with Crippen LogP contribution >= 0.6 is 0 Å². The highest BCUT2D eigenvalue weighted by molar-refractivity contribution is 5.78. The van der Waals surface area contributed by atoms with E-state index in [1.165, 1.54) is 0 Å². The summed E-state index contributed by atoms with van der Waals surface area (Å²) in [5.74, 6) is -1.63. The molecule has 1 saturated heterocycles. The Morgan fingerprint density at radius 3 is 2.21 bits per heavy atom. The largest absolute Gasteiger partial charge is 0.484 e. The monoisotopic (exact) mass is 332 g/mol. The molecular weight excluding hydrogens is 314 g/mol. The second-order valence-electron chi connectivity index (χ2n) is 5.60. The molecule has 126 valence electrons. The van der Waals surface area contributed by atoms with Crippen LogP contribution in [0.25, 0.3) is 0 Å². The minimum Gasteiger partial charge on any atom is -0.484 e. The van der Waals surface area contributed by atoms with Gasteiger partial charge in [-0.2, -0.15) is 0 Å². The Labute approximate surface area is 139 Å². The van der Waals surface area contributed by atoms with Crippen LogP contribution in [-0.4, -0.2) is 43.6 Å². The lowest BCUT2D eigenvalue weighted by atomic mass is 10.2. The van der Waals surface area contributed by atoms with E-state index in [9.17, 15) is 13.6 Å². The van der Waals surface area contributed by atoms with Gasteiger partial charge in [0.2, 0.25) is 0 Å². The molecule has 0 aromatic heterocycles. The van der Waals surface area contributed by atoms with Crippen LogP contribution in [0, 0.1) is 11.6 Å². The molecule has 0 bridgehead atoms. The van der Waals surface area contributed by atoms with Crippen LogP contribution in [0.1, 0.15) is 0 Å². The summed E-state index contributed by atoms with van der Waals surface area (Å²) in [7, 11) is 0. The summed E-state index contributed by atoms with van der Waals surface area (Å²) in [5.41, 5.74) is 1.14. The number of anilines is 1. The smallest absolute Gasteiger partial charge is 0.260 e. The van der Waals surface area contributed by atoms with E-state index < -0.39 is 11.6 Å². The van der Waals surface area contributed by atoms with E-state index >= 15 is 0 Å². The first kappa shape index (κ1) is 16.2. The normalized spacial score (nSPS) is 14.6. The predicted octanol–water partition coefficient (Wildman–Crippen LogP) is 2.69. The van der Waals surface area contributed by atoms with Crippen molar-refractivity contribution in [3.8, 4) is 5.75 Å². The number of rotatable bonds is 4. The van der Waals surface area contributed by atoms with Gasteiger partial charge in [-0.15, -0.1) is 0 Å². The average molecular weight is 332 g/mol. The van der Waals surface area contributed by atoms with Crippen molar-refractivity contribution in [3.63, 3.8) is 0 Å². The van der Waals surface area contributed by atoms with Gasteiger partial charge in [-0.3, -0.25) is 4.79 Å². The van der Waals surface area contributed by atoms with Crippen molar-refractivity contribution in [1.29, 1.82) is 0 Å². The Hall–Kier alpha value is -2.63. The van der Waals surface area contributed by atoms with E-state index in [2.05, 4.69) is 4.90 Å². The molecule has 0 aliphatic carbocycles. The zero-order valence-corrected chi connectivity index (χ0v) is 13.1. The van der Waals surface area contributed by atoms with Gasteiger partial charge in [-0.05, 0) is 12.1 Å². The molecule has 1 fully saturated rings. The molecule has 0 unspecified atom stereocenters. The number of piperazine rings is 1. The molecule has 0 saturated carbocycles. The van der Waals surface area contributed by atoms with E-state index in [-0.39, 0.29) is 18.3 Å². The van der Waals surface area contributed by atoms with Crippen molar-refractivity contribution in [2.45, 2.75) is 0 Å². The van der Waals surface area contributed by atoms with E-state index in [1.807, 2.05) is 30.3 Å². The third kappa shape index (κ3) is 4.01. The molecule has 2 aromatic rings. The quantitative estimate of drug-likeness (QED) is 0.863. The predicted molar refractivity (Wildman–Crippen MR) is 87.1 cm³/mol. The van der Waals surface area contributed by atoms with E-state index in [0.29, 0.717) is 13.1 Å². The van der Waals surface area contributed by atoms with Crippen molar-refractivity contribution >= 4 is 11.6 Å². The third-order valence-corrected chi connectivity index (χ3v) is 3.95. The van der Waals surface area contributed by atoms with Gasteiger partial charge in [0.15, 0.2) is 6.61 Å². The fourth-order valence-corrected chi connectivity index (χ4v) is 2.70. The number of hydrogen-bond donors (Lipinski definition) is 0.